The van der Waals surface area contributed by atoms with Gasteiger partial charge in [-0.2, -0.15) is 0 Å². The molecular formula is C24H30N4O7S. The molecule has 0 unspecified atom stereocenters. The van der Waals surface area contributed by atoms with E-state index in [0.29, 0.717) is 0 Å². The first-order valence-corrected chi connectivity index (χ1v) is 12.8. The number of carbonyl (C=O) groups excluding carboxylic acids is 4. The molecule has 194 valence electrons. The van der Waals surface area contributed by atoms with Crippen LogP contribution in [0.25, 0.3) is 0 Å². The average molecular weight is 519 g/mol. The Morgan fingerprint density at radius 3 is 1.94 bits per heavy atom. The topological polar surface area (TPSA) is 174 Å². The van der Waals surface area contributed by atoms with Crippen LogP contribution in [0.15, 0.2) is 53.4 Å². The van der Waals surface area contributed by atoms with Crippen molar-refractivity contribution < 1.29 is 32.3 Å². The van der Waals surface area contributed by atoms with Crippen molar-refractivity contribution in [1.29, 1.82) is 0 Å². The summed E-state index contributed by atoms with van der Waals surface area (Å²) in [6, 6.07) is 12.6. The summed E-state index contributed by atoms with van der Waals surface area (Å²) >= 11 is 0. The van der Waals surface area contributed by atoms with E-state index in [1.54, 1.807) is 0 Å². The molecule has 36 heavy (non-hydrogen) atoms. The highest BCUT2D eigenvalue weighted by Crippen LogP contribution is 2.09. The lowest BCUT2D eigenvalue weighted by atomic mass is 10.1. The summed E-state index contributed by atoms with van der Waals surface area (Å²) in [5, 5.41) is 12.0. The minimum atomic E-state index is -3.88. The minimum Gasteiger partial charge on any atom is -0.460 e. The normalized spacial score (nSPS) is 10.8. The van der Waals surface area contributed by atoms with Crippen molar-refractivity contribution in [2.75, 3.05) is 19.6 Å². The first-order chi connectivity index (χ1) is 17.1. The van der Waals surface area contributed by atoms with Gasteiger partial charge in [0.1, 0.15) is 13.2 Å². The number of primary sulfonamides is 1. The van der Waals surface area contributed by atoms with Gasteiger partial charge in [-0.05, 0) is 48.2 Å². The lowest BCUT2D eigenvalue weighted by molar-refractivity contribution is -0.145. The Morgan fingerprint density at radius 1 is 0.806 bits per heavy atom. The van der Waals surface area contributed by atoms with Gasteiger partial charge in [-0.3, -0.25) is 19.2 Å². The molecule has 3 amide bonds. The number of aryl methyl sites for hydroxylation is 1. The Balaban J connectivity index is 1.62. The van der Waals surface area contributed by atoms with E-state index in [0.717, 1.165) is 24.8 Å². The van der Waals surface area contributed by atoms with Crippen molar-refractivity contribution in [3.8, 4) is 0 Å². The third-order valence-electron chi connectivity index (χ3n) is 4.97. The first-order valence-electron chi connectivity index (χ1n) is 11.3. The lowest BCUT2D eigenvalue weighted by Crippen LogP contribution is -2.43. The highest BCUT2D eigenvalue weighted by atomic mass is 32.2. The molecule has 0 saturated carbocycles. The van der Waals surface area contributed by atoms with Gasteiger partial charge in [-0.25, -0.2) is 13.6 Å². The van der Waals surface area contributed by atoms with Crippen LogP contribution in [0.3, 0.4) is 0 Å². The van der Waals surface area contributed by atoms with Crippen LogP contribution < -0.4 is 21.1 Å². The molecule has 2 aromatic carbocycles. The molecule has 0 atom stereocenters. The van der Waals surface area contributed by atoms with Crippen molar-refractivity contribution in [2.45, 2.75) is 37.7 Å². The van der Waals surface area contributed by atoms with Gasteiger partial charge >= 0.3 is 5.97 Å². The van der Waals surface area contributed by atoms with E-state index in [2.05, 4.69) is 22.9 Å². The van der Waals surface area contributed by atoms with Gasteiger partial charge in [0.25, 0.3) is 5.91 Å². The van der Waals surface area contributed by atoms with Gasteiger partial charge < -0.3 is 20.7 Å². The molecule has 2 aromatic rings. The quantitative estimate of drug-likeness (QED) is 0.277. The highest BCUT2D eigenvalue weighted by molar-refractivity contribution is 7.89. The number of rotatable bonds is 13. The molecule has 0 aromatic heterocycles. The summed E-state index contributed by atoms with van der Waals surface area (Å²) in [6.07, 6.45) is 3.24. The fourth-order valence-electron chi connectivity index (χ4n) is 2.93. The van der Waals surface area contributed by atoms with Crippen LogP contribution in [0.4, 0.5) is 0 Å². The maximum absolute atomic E-state index is 12.0. The second-order valence-corrected chi connectivity index (χ2v) is 9.45. The summed E-state index contributed by atoms with van der Waals surface area (Å²) in [6.45, 7) is 1.05. The largest absolute Gasteiger partial charge is 0.460 e. The van der Waals surface area contributed by atoms with E-state index in [-0.39, 0.29) is 23.6 Å². The van der Waals surface area contributed by atoms with Crippen LogP contribution >= 0.6 is 0 Å². The molecule has 0 aliphatic rings. The molecule has 0 fully saturated rings. The summed E-state index contributed by atoms with van der Waals surface area (Å²) in [7, 11) is -3.88. The predicted molar refractivity (Wildman–Crippen MR) is 131 cm³/mol. The summed E-state index contributed by atoms with van der Waals surface area (Å²) in [5.74, 6) is -2.48. The fourth-order valence-corrected chi connectivity index (χ4v) is 3.45. The van der Waals surface area contributed by atoms with Crippen molar-refractivity contribution >= 4 is 33.7 Å². The maximum Gasteiger partial charge on any atom is 0.325 e. The maximum atomic E-state index is 12.0. The van der Waals surface area contributed by atoms with E-state index in [1.807, 2.05) is 24.3 Å². The number of carbonyl (C=O) groups is 4. The van der Waals surface area contributed by atoms with Crippen molar-refractivity contribution in [1.82, 2.24) is 16.0 Å². The van der Waals surface area contributed by atoms with E-state index in [1.165, 1.54) is 29.8 Å². The molecule has 0 bridgehead atoms. The molecule has 0 heterocycles. The number of unbranched alkanes of at least 4 members (excludes halogenated alkanes) is 1. The Morgan fingerprint density at radius 2 is 1.36 bits per heavy atom. The van der Waals surface area contributed by atoms with Crippen molar-refractivity contribution in [3.05, 3.63) is 65.2 Å². The van der Waals surface area contributed by atoms with Crippen molar-refractivity contribution in [3.63, 3.8) is 0 Å². The summed E-state index contributed by atoms with van der Waals surface area (Å²) in [4.78, 5) is 47.4. The molecular weight excluding hydrogens is 488 g/mol. The third-order valence-corrected chi connectivity index (χ3v) is 5.90. The zero-order valence-electron chi connectivity index (χ0n) is 19.9. The fraction of sp³-hybridized carbons (Fsp3) is 0.333. The van der Waals surface area contributed by atoms with E-state index in [9.17, 15) is 27.6 Å². The van der Waals surface area contributed by atoms with E-state index < -0.39 is 46.8 Å². The number of sulfonamides is 1. The zero-order chi connectivity index (χ0) is 26.6. The summed E-state index contributed by atoms with van der Waals surface area (Å²) < 4.78 is 27.6. The highest BCUT2D eigenvalue weighted by Gasteiger charge is 2.12. The molecule has 0 spiro atoms. The third kappa shape index (κ3) is 10.2. The summed E-state index contributed by atoms with van der Waals surface area (Å²) in [5.41, 5.74) is 2.18. The number of hydrogen-bond acceptors (Lipinski definition) is 7. The molecule has 0 radical (unpaired) electrons. The number of nitrogens with two attached hydrogens (primary N) is 1. The first kappa shape index (κ1) is 28.5. The second-order valence-electron chi connectivity index (χ2n) is 7.89. The lowest BCUT2D eigenvalue weighted by Gasteiger charge is -2.09. The number of benzene rings is 2. The van der Waals surface area contributed by atoms with Gasteiger partial charge in [-0.1, -0.05) is 37.6 Å². The van der Waals surface area contributed by atoms with Gasteiger partial charge in [-0.15, -0.1) is 0 Å². The van der Waals surface area contributed by atoms with Crippen LogP contribution in [-0.2, 0) is 42.2 Å². The smallest absolute Gasteiger partial charge is 0.325 e. The van der Waals surface area contributed by atoms with Crippen LogP contribution in [0.2, 0.25) is 0 Å². The minimum absolute atomic E-state index is 0.0873. The molecule has 2 rings (SSSR count). The van der Waals surface area contributed by atoms with Gasteiger partial charge in [0.2, 0.25) is 21.8 Å². The average Bonchev–Trinajstić information content (AvgIpc) is 2.87. The number of esters is 1. The molecule has 12 heteroatoms. The molecule has 5 N–H and O–H groups in total. The van der Waals surface area contributed by atoms with Crippen LogP contribution in [0.5, 0.6) is 0 Å². The second kappa shape index (κ2) is 14.0. The Kier molecular flexibility index (Phi) is 11.0. The Labute approximate surface area is 209 Å². The van der Waals surface area contributed by atoms with Crippen molar-refractivity contribution in [2.24, 2.45) is 5.14 Å². The molecule has 11 nitrogen and oxygen atoms in total. The number of ether oxygens (including phenoxy) is 1. The molecule has 0 aliphatic carbocycles. The van der Waals surface area contributed by atoms with Gasteiger partial charge in [0.15, 0.2) is 0 Å². The number of amides is 3. The van der Waals surface area contributed by atoms with Gasteiger partial charge in [0.05, 0.1) is 18.0 Å². The number of nitrogens with one attached hydrogen (secondary N) is 3. The SMILES string of the molecule is CCCCc1ccc(COC(=O)CNC(=O)CNC(=O)CNC(=O)c2ccc(S(N)(=O)=O)cc2)cc1. The van der Waals surface area contributed by atoms with E-state index in [4.69, 9.17) is 9.88 Å². The Bertz CT molecular complexity index is 1160. The van der Waals surface area contributed by atoms with Crippen LogP contribution in [0.1, 0.15) is 41.3 Å². The Hall–Kier alpha value is -3.77. The predicted octanol–water partition coefficient (Wildman–Crippen LogP) is 0.382. The standard InChI is InChI=1S/C24H30N4O7S/c1-2-3-4-17-5-7-18(8-6-17)16-35-23(31)15-27-21(29)13-26-22(30)14-28-24(32)19-9-11-20(12-10-19)36(25,33)34/h5-12H,2-4,13-16H2,1H3,(H,26,30)(H,27,29)(H,28,32)(H2,25,33,34). The zero-order valence-corrected chi connectivity index (χ0v) is 20.7. The van der Waals surface area contributed by atoms with Gasteiger partial charge in [0, 0.05) is 5.56 Å². The molecule has 0 saturated heterocycles. The monoisotopic (exact) mass is 518 g/mol. The van der Waals surface area contributed by atoms with Crippen LogP contribution in [-0.4, -0.2) is 51.7 Å². The van der Waals surface area contributed by atoms with E-state index >= 15 is 0 Å². The number of hydrogen-bond donors (Lipinski definition) is 4. The molecule has 0 aliphatic heterocycles. The van der Waals surface area contributed by atoms with Crippen LogP contribution in [0, 0.1) is 0 Å².